The van der Waals surface area contributed by atoms with Crippen LogP contribution in [-0.2, 0) is 0 Å². The molecular weight excluding hydrogens is 176 g/mol. The van der Waals surface area contributed by atoms with E-state index in [1.54, 1.807) is 0 Å². The lowest BCUT2D eigenvalue weighted by atomic mass is 9.95. The van der Waals surface area contributed by atoms with Crippen LogP contribution in [0.2, 0.25) is 0 Å². The summed E-state index contributed by atoms with van der Waals surface area (Å²) in [7, 11) is 0. The molecule has 0 saturated heterocycles. The summed E-state index contributed by atoms with van der Waals surface area (Å²) in [5, 5.41) is 10.5. The molecule has 82 valence electrons. The average molecular weight is 198 g/mol. The van der Waals surface area contributed by atoms with Crippen LogP contribution in [0.5, 0.6) is 0 Å². The number of nitrogens with one attached hydrogen (secondary N) is 2. The summed E-state index contributed by atoms with van der Waals surface area (Å²) in [6.45, 7) is 11.7. The highest BCUT2D eigenvalue weighted by atomic mass is 15.1. The predicted octanol–water partition coefficient (Wildman–Crippen LogP) is 1.71. The second-order valence-corrected chi connectivity index (χ2v) is 5.42. The molecule has 0 aliphatic carbocycles. The van der Waals surface area contributed by atoms with Crippen LogP contribution in [0, 0.1) is 10.8 Å². The Hall–Kier alpha value is -1.06. The SMILES string of the molecule is CC(C)(C)N=C(N)NC(=N)C(C)(C)C. The third-order valence-electron chi connectivity index (χ3n) is 1.46. The molecule has 14 heavy (non-hydrogen) atoms. The van der Waals surface area contributed by atoms with E-state index in [4.69, 9.17) is 11.1 Å². The van der Waals surface area contributed by atoms with E-state index < -0.39 is 0 Å². The van der Waals surface area contributed by atoms with Gasteiger partial charge in [-0.05, 0) is 20.8 Å². The molecule has 0 heterocycles. The van der Waals surface area contributed by atoms with E-state index in [1.807, 2.05) is 41.5 Å². The number of nitrogens with two attached hydrogens (primary N) is 1. The molecule has 0 spiro atoms. The standard InChI is InChI=1S/C10H22N4/c1-9(2,3)7(11)13-8(12)14-10(4,5)6/h1-6H3,(H4,11,12,13,14). The molecule has 4 heteroatoms. The van der Waals surface area contributed by atoms with Crippen LogP contribution in [-0.4, -0.2) is 17.3 Å². The third kappa shape index (κ3) is 5.56. The summed E-state index contributed by atoms with van der Waals surface area (Å²) < 4.78 is 0. The topological polar surface area (TPSA) is 74.3 Å². The van der Waals surface area contributed by atoms with Crippen LogP contribution < -0.4 is 11.1 Å². The summed E-state index contributed by atoms with van der Waals surface area (Å²) in [6, 6.07) is 0. The minimum atomic E-state index is -0.224. The molecule has 0 amide bonds. The Labute approximate surface area is 86.5 Å². The van der Waals surface area contributed by atoms with Crippen molar-refractivity contribution in [1.29, 1.82) is 5.41 Å². The second-order valence-electron chi connectivity index (χ2n) is 5.42. The van der Waals surface area contributed by atoms with Gasteiger partial charge in [-0.3, -0.25) is 5.41 Å². The highest BCUT2D eigenvalue weighted by molar-refractivity contribution is 5.99. The zero-order chi connectivity index (χ0) is 11.6. The summed E-state index contributed by atoms with van der Waals surface area (Å²) in [5.41, 5.74) is 5.22. The molecule has 0 unspecified atom stereocenters. The number of aliphatic imine (C=N–C) groups is 1. The van der Waals surface area contributed by atoms with Crippen molar-refractivity contribution in [2.24, 2.45) is 16.1 Å². The van der Waals surface area contributed by atoms with E-state index in [2.05, 4.69) is 10.3 Å². The first-order valence-corrected chi connectivity index (χ1v) is 4.74. The van der Waals surface area contributed by atoms with E-state index in [9.17, 15) is 0 Å². The number of rotatable bonds is 0. The van der Waals surface area contributed by atoms with Crippen molar-refractivity contribution in [3.8, 4) is 0 Å². The number of hydrogen-bond donors (Lipinski definition) is 3. The van der Waals surface area contributed by atoms with Crippen molar-refractivity contribution < 1.29 is 0 Å². The molecule has 0 aromatic carbocycles. The van der Waals surface area contributed by atoms with Crippen LogP contribution >= 0.6 is 0 Å². The number of amidine groups is 1. The van der Waals surface area contributed by atoms with Gasteiger partial charge in [0.05, 0.1) is 5.54 Å². The first-order chi connectivity index (χ1) is 6.02. The molecule has 0 aromatic rings. The lowest BCUT2D eigenvalue weighted by molar-refractivity contribution is 0.565. The fourth-order valence-corrected chi connectivity index (χ4v) is 0.705. The fraction of sp³-hybridized carbons (Fsp3) is 0.800. The molecular formula is C10H22N4. The van der Waals surface area contributed by atoms with Gasteiger partial charge in [0, 0.05) is 5.41 Å². The van der Waals surface area contributed by atoms with E-state index in [0.29, 0.717) is 11.8 Å². The van der Waals surface area contributed by atoms with Crippen LogP contribution in [0.3, 0.4) is 0 Å². The second kappa shape index (κ2) is 3.98. The lowest BCUT2D eigenvalue weighted by Gasteiger charge is -2.22. The first-order valence-electron chi connectivity index (χ1n) is 4.74. The molecule has 0 rings (SSSR count). The third-order valence-corrected chi connectivity index (χ3v) is 1.46. The smallest absolute Gasteiger partial charge is 0.194 e. The molecule has 0 aromatic heterocycles. The molecule has 0 atom stereocenters. The monoisotopic (exact) mass is 198 g/mol. The number of guanidine groups is 1. The summed E-state index contributed by atoms with van der Waals surface area (Å²) in [5.74, 6) is 0.681. The predicted molar refractivity (Wildman–Crippen MR) is 61.7 cm³/mol. The number of nitrogens with zero attached hydrogens (tertiary/aromatic N) is 1. The molecule has 4 N–H and O–H groups in total. The molecule has 4 nitrogen and oxygen atoms in total. The maximum Gasteiger partial charge on any atom is 0.194 e. The Morgan fingerprint density at radius 2 is 1.57 bits per heavy atom. The Morgan fingerprint density at radius 1 is 1.14 bits per heavy atom. The maximum atomic E-state index is 7.71. The molecule has 0 radical (unpaired) electrons. The largest absolute Gasteiger partial charge is 0.370 e. The number of hydrogen-bond acceptors (Lipinski definition) is 2. The molecule has 0 saturated carbocycles. The zero-order valence-corrected chi connectivity index (χ0v) is 10.0. The van der Waals surface area contributed by atoms with Crippen LogP contribution in [0.1, 0.15) is 41.5 Å². The van der Waals surface area contributed by atoms with Gasteiger partial charge in [-0.15, -0.1) is 0 Å². The lowest BCUT2D eigenvalue weighted by Crippen LogP contribution is -2.43. The van der Waals surface area contributed by atoms with Crippen molar-refractivity contribution in [2.45, 2.75) is 47.1 Å². The molecule has 0 bridgehead atoms. The van der Waals surface area contributed by atoms with Gasteiger partial charge in [0.1, 0.15) is 5.84 Å². The summed E-state index contributed by atoms with van der Waals surface area (Å²) in [4.78, 5) is 4.21. The van der Waals surface area contributed by atoms with Gasteiger partial charge in [0.2, 0.25) is 0 Å². The van der Waals surface area contributed by atoms with Gasteiger partial charge in [-0.25, -0.2) is 4.99 Å². The van der Waals surface area contributed by atoms with Crippen molar-refractivity contribution in [3.63, 3.8) is 0 Å². The van der Waals surface area contributed by atoms with Gasteiger partial charge in [-0.1, -0.05) is 20.8 Å². The Kier molecular flexibility index (Phi) is 3.68. The normalized spacial score (nSPS) is 14.0. The van der Waals surface area contributed by atoms with Crippen LogP contribution in [0.4, 0.5) is 0 Å². The Bertz CT molecular complexity index is 240. The molecule has 0 fully saturated rings. The van der Waals surface area contributed by atoms with E-state index in [-0.39, 0.29) is 11.0 Å². The Morgan fingerprint density at radius 3 is 1.86 bits per heavy atom. The van der Waals surface area contributed by atoms with Gasteiger partial charge < -0.3 is 11.1 Å². The van der Waals surface area contributed by atoms with Gasteiger partial charge in [0.15, 0.2) is 5.96 Å². The van der Waals surface area contributed by atoms with Crippen molar-refractivity contribution in [2.75, 3.05) is 0 Å². The quantitative estimate of drug-likeness (QED) is 0.409. The minimum absolute atomic E-state index is 0.213. The summed E-state index contributed by atoms with van der Waals surface area (Å²) >= 11 is 0. The van der Waals surface area contributed by atoms with E-state index in [0.717, 1.165) is 0 Å². The van der Waals surface area contributed by atoms with E-state index >= 15 is 0 Å². The average Bonchev–Trinajstić information content (AvgIpc) is 1.79. The van der Waals surface area contributed by atoms with Gasteiger partial charge >= 0.3 is 0 Å². The molecule has 0 aliphatic heterocycles. The van der Waals surface area contributed by atoms with Crippen LogP contribution in [0.25, 0.3) is 0 Å². The van der Waals surface area contributed by atoms with Crippen molar-refractivity contribution in [1.82, 2.24) is 5.32 Å². The van der Waals surface area contributed by atoms with Crippen molar-refractivity contribution >= 4 is 11.8 Å². The zero-order valence-electron chi connectivity index (χ0n) is 10.0. The van der Waals surface area contributed by atoms with Crippen molar-refractivity contribution in [3.05, 3.63) is 0 Å². The highest BCUT2D eigenvalue weighted by Gasteiger charge is 2.18. The minimum Gasteiger partial charge on any atom is -0.370 e. The van der Waals surface area contributed by atoms with Gasteiger partial charge in [-0.2, -0.15) is 0 Å². The van der Waals surface area contributed by atoms with Crippen LogP contribution in [0.15, 0.2) is 4.99 Å². The summed E-state index contributed by atoms with van der Waals surface area (Å²) in [6.07, 6.45) is 0. The fourth-order valence-electron chi connectivity index (χ4n) is 0.705. The van der Waals surface area contributed by atoms with Gasteiger partial charge in [0.25, 0.3) is 0 Å². The van der Waals surface area contributed by atoms with E-state index in [1.165, 1.54) is 0 Å². The maximum absolute atomic E-state index is 7.71. The first kappa shape index (κ1) is 12.9. The highest BCUT2D eigenvalue weighted by Crippen LogP contribution is 2.12. The molecule has 0 aliphatic rings. The Balaban J connectivity index is 4.42.